The fraction of sp³-hybridized carbons (Fsp3) is 0.292. The molecule has 0 fully saturated rings. The van der Waals surface area contributed by atoms with Gasteiger partial charge in [0.25, 0.3) is 0 Å². The summed E-state index contributed by atoms with van der Waals surface area (Å²) in [7, 11) is 4.74. The van der Waals surface area contributed by atoms with Gasteiger partial charge >= 0.3 is 0 Å². The van der Waals surface area contributed by atoms with Crippen LogP contribution in [0.25, 0.3) is 16.5 Å². The zero-order valence-corrected chi connectivity index (χ0v) is 18.4. The molecular formula is C24H27NO5. The van der Waals surface area contributed by atoms with Crippen LogP contribution in [0.15, 0.2) is 34.8 Å². The molecule has 0 spiro atoms. The molecule has 30 heavy (non-hydrogen) atoms. The molecule has 6 heteroatoms. The largest absolute Gasteiger partial charge is 0.497 e. The first-order valence-corrected chi connectivity index (χ1v) is 9.59. The molecule has 0 unspecified atom stereocenters. The number of benzene rings is 2. The van der Waals surface area contributed by atoms with Crippen LogP contribution in [0.3, 0.4) is 0 Å². The normalized spacial score (nSPS) is 11.5. The summed E-state index contributed by atoms with van der Waals surface area (Å²) in [5.41, 5.74) is 4.95. The van der Waals surface area contributed by atoms with Crippen LogP contribution in [0, 0.1) is 20.8 Å². The lowest BCUT2D eigenvalue weighted by molar-refractivity contribution is -0.111. The molecule has 0 radical (unpaired) electrons. The van der Waals surface area contributed by atoms with Gasteiger partial charge in [-0.25, -0.2) is 0 Å². The summed E-state index contributed by atoms with van der Waals surface area (Å²) in [6.07, 6.45) is 1.55. The summed E-state index contributed by atoms with van der Waals surface area (Å²) in [6.45, 7) is 7.81. The Hall–Kier alpha value is -3.41. The zero-order chi connectivity index (χ0) is 22.0. The first-order valence-electron chi connectivity index (χ1n) is 9.59. The topological polar surface area (TPSA) is 69.9 Å². The van der Waals surface area contributed by atoms with Gasteiger partial charge in [0, 0.05) is 28.7 Å². The number of rotatable bonds is 6. The number of fused-ring (bicyclic) bond motifs is 1. The second kappa shape index (κ2) is 8.53. The molecule has 158 valence electrons. The number of anilines is 1. The van der Waals surface area contributed by atoms with Gasteiger partial charge in [-0.2, -0.15) is 0 Å². The molecule has 0 saturated heterocycles. The lowest BCUT2D eigenvalue weighted by atomic mass is 9.98. The minimum Gasteiger partial charge on any atom is -0.497 e. The summed E-state index contributed by atoms with van der Waals surface area (Å²) in [6, 6.07) is 7.25. The van der Waals surface area contributed by atoms with Gasteiger partial charge in [-0.1, -0.05) is 0 Å². The standard InChI is InChI=1S/C24H27NO5/c1-13(10-22(26)25-20-11-17(27-5)8-9-21(20)28-6)18-12-19-14(2)16(4)30-24(19)15(3)23(18)29-7/h8-12H,1-7H3,(H,25,26)/b13-10+. The quantitative estimate of drug-likeness (QED) is 0.550. The van der Waals surface area contributed by atoms with Crippen molar-refractivity contribution in [3.8, 4) is 17.2 Å². The summed E-state index contributed by atoms with van der Waals surface area (Å²) in [4.78, 5) is 12.7. The summed E-state index contributed by atoms with van der Waals surface area (Å²) in [5.74, 6) is 2.46. The van der Waals surface area contributed by atoms with Gasteiger partial charge in [-0.05, 0) is 57.0 Å². The second-order valence-electron chi connectivity index (χ2n) is 7.13. The smallest absolute Gasteiger partial charge is 0.248 e. The van der Waals surface area contributed by atoms with E-state index in [1.54, 1.807) is 45.6 Å². The highest BCUT2D eigenvalue weighted by Gasteiger charge is 2.18. The van der Waals surface area contributed by atoms with Crippen LogP contribution in [0.5, 0.6) is 17.2 Å². The predicted octanol–water partition coefficient (Wildman–Crippen LogP) is 5.43. The van der Waals surface area contributed by atoms with Gasteiger partial charge in [0.05, 0.1) is 27.0 Å². The van der Waals surface area contributed by atoms with E-state index in [0.29, 0.717) is 22.9 Å². The molecule has 3 rings (SSSR count). The Balaban J connectivity index is 2.00. The van der Waals surface area contributed by atoms with Crippen molar-refractivity contribution in [3.63, 3.8) is 0 Å². The van der Waals surface area contributed by atoms with Gasteiger partial charge in [0.1, 0.15) is 28.6 Å². The zero-order valence-electron chi connectivity index (χ0n) is 18.4. The molecule has 0 saturated carbocycles. The van der Waals surface area contributed by atoms with Crippen molar-refractivity contribution >= 4 is 28.1 Å². The number of furan rings is 1. The van der Waals surface area contributed by atoms with Crippen molar-refractivity contribution in [2.24, 2.45) is 0 Å². The third-order valence-corrected chi connectivity index (χ3v) is 5.29. The molecule has 1 amide bonds. The maximum atomic E-state index is 12.7. The number of hydrogen-bond donors (Lipinski definition) is 1. The monoisotopic (exact) mass is 409 g/mol. The molecule has 0 atom stereocenters. The number of allylic oxidation sites excluding steroid dienone is 1. The number of nitrogens with one attached hydrogen (secondary N) is 1. The molecule has 0 aliphatic carbocycles. The maximum absolute atomic E-state index is 12.7. The van der Waals surface area contributed by atoms with Crippen LogP contribution in [0.4, 0.5) is 5.69 Å². The van der Waals surface area contributed by atoms with E-state index in [0.717, 1.165) is 39.0 Å². The average molecular weight is 409 g/mol. The van der Waals surface area contributed by atoms with Crippen LogP contribution >= 0.6 is 0 Å². The molecule has 2 aromatic carbocycles. The predicted molar refractivity (Wildman–Crippen MR) is 119 cm³/mol. The highest BCUT2D eigenvalue weighted by molar-refractivity contribution is 6.05. The van der Waals surface area contributed by atoms with Crippen molar-refractivity contribution in [1.82, 2.24) is 0 Å². The Labute approximate surface area is 176 Å². The average Bonchev–Trinajstić information content (AvgIpc) is 3.02. The number of carbonyl (C=O) groups is 1. The number of hydrogen-bond acceptors (Lipinski definition) is 5. The van der Waals surface area contributed by atoms with Crippen LogP contribution in [0.2, 0.25) is 0 Å². The van der Waals surface area contributed by atoms with E-state index in [4.69, 9.17) is 18.6 Å². The number of carbonyl (C=O) groups excluding carboxylic acids is 1. The lowest BCUT2D eigenvalue weighted by Gasteiger charge is -2.14. The second-order valence-corrected chi connectivity index (χ2v) is 7.13. The first kappa shape index (κ1) is 21.3. The molecule has 3 aromatic rings. The Kier molecular flexibility index (Phi) is 6.06. The highest BCUT2D eigenvalue weighted by atomic mass is 16.5. The molecule has 6 nitrogen and oxygen atoms in total. The molecular weight excluding hydrogens is 382 g/mol. The van der Waals surface area contributed by atoms with Crippen molar-refractivity contribution in [1.29, 1.82) is 0 Å². The van der Waals surface area contributed by atoms with E-state index in [1.807, 2.05) is 33.8 Å². The first-order chi connectivity index (χ1) is 14.3. The van der Waals surface area contributed by atoms with E-state index in [1.165, 1.54) is 0 Å². The molecule has 1 heterocycles. The van der Waals surface area contributed by atoms with E-state index in [9.17, 15) is 4.79 Å². The Morgan fingerprint density at radius 3 is 2.37 bits per heavy atom. The summed E-state index contributed by atoms with van der Waals surface area (Å²) in [5, 5.41) is 3.88. The van der Waals surface area contributed by atoms with Crippen molar-refractivity contribution in [2.75, 3.05) is 26.6 Å². The number of ether oxygens (including phenoxy) is 3. The SMILES string of the molecule is COc1ccc(OC)c(NC(=O)/C=C(\C)c2cc3c(C)c(C)oc3c(C)c2OC)c1. The molecule has 1 N–H and O–H groups in total. The minimum atomic E-state index is -0.279. The molecule has 0 bridgehead atoms. The molecule has 1 aromatic heterocycles. The Morgan fingerprint density at radius 1 is 1.00 bits per heavy atom. The van der Waals surface area contributed by atoms with Gasteiger partial charge < -0.3 is 23.9 Å². The maximum Gasteiger partial charge on any atom is 0.248 e. The van der Waals surface area contributed by atoms with E-state index < -0.39 is 0 Å². The third-order valence-electron chi connectivity index (χ3n) is 5.29. The van der Waals surface area contributed by atoms with Gasteiger partial charge in [-0.15, -0.1) is 0 Å². The van der Waals surface area contributed by atoms with Crippen molar-refractivity contribution in [3.05, 3.63) is 52.8 Å². The molecule has 0 aliphatic heterocycles. The van der Waals surface area contributed by atoms with E-state index in [2.05, 4.69) is 5.32 Å². The Bertz CT molecular complexity index is 1140. The number of methoxy groups -OCH3 is 3. The number of aryl methyl sites for hydroxylation is 3. The van der Waals surface area contributed by atoms with Crippen LogP contribution in [-0.4, -0.2) is 27.2 Å². The summed E-state index contributed by atoms with van der Waals surface area (Å²) >= 11 is 0. The van der Waals surface area contributed by atoms with Crippen molar-refractivity contribution < 1.29 is 23.4 Å². The van der Waals surface area contributed by atoms with E-state index >= 15 is 0 Å². The lowest BCUT2D eigenvalue weighted by Crippen LogP contribution is -2.10. The van der Waals surface area contributed by atoms with Crippen molar-refractivity contribution in [2.45, 2.75) is 27.7 Å². The van der Waals surface area contributed by atoms with Crippen LogP contribution in [0.1, 0.15) is 29.4 Å². The van der Waals surface area contributed by atoms with E-state index in [-0.39, 0.29) is 5.91 Å². The van der Waals surface area contributed by atoms with Crippen LogP contribution in [-0.2, 0) is 4.79 Å². The van der Waals surface area contributed by atoms with Gasteiger partial charge in [0.15, 0.2) is 0 Å². The van der Waals surface area contributed by atoms with Gasteiger partial charge in [0.2, 0.25) is 5.91 Å². The Morgan fingerprint density at radius 2 is 1.73 bits per heavy atom. The summed E-state index contributed by atoms with van der Waals surface area (Å²) < 4.78 is 22.1. The number of amides is 1. The fourth-order valence-electron chi connectivity index (χ4n) is 3.52. The van der Waals surface area contributed by atoms with Gasteiger partial charge in [-0.3, -0.25) is 4.79 Å². The molecule has 0 aliphatic rings. The fourth-order valence-corrected chi connectivity index (χ4v) is 3.52. The third kappa shape index (κ3) is 3.85. The highest BCUT2D eigenvalue weighted by Crippen LogP contribution is 2.38. The minimum absolute atomic E-state index is 0.279. The van der Waals surface area contributed by atoms with Crippen LogP contribution < -0.4 is 19.5 Å².